The van der Waals surface area contributed by atoms with Gasteiger partial charge in [-0.2, -0.15) is 5.26 Å². The van der Waals surface area contributed by atoms with Gasteiger partial charge in [-0.15, -0.1) is 0 Å². The fraction of sp³-hybridized carbons (Fsp3) is 0.200. The van der Waals surface area contributed by atoms with Crippen molar-refractivity contribution in [1.82, 2.24) is 0 Å². The van der Waals surface area contributed by atoms with Crippen LogP contribution in [0.3, 0.4) is 0 Å². The minimum atomic E-state index is -1.03. The van der Waals surface area contributed by atoms with Gasteiger partial charge in [0.25, 0.3) is 0 Å². The predicted molar refractivity (Wildman–Crippen MR) is 50.7 cm³/mol. The highest BCUT2D eigenvalue weighted by Gasteiger charge is 2.12. The van der Waals surface area contributed by atoms with Gasteiger partial charge in [0.2, 0.25) is 0 Å². The van der Waals surface area contributed by atoms with Crippen LogP contribution in [0.5, 0.6) is 11.5 Å². The maximum atomic E-state index is 10.5. The fourth-order valence-corrected chi connectivity index (χ4v) is 1.19. The summed E-state index contributed by atoms with van der Waals surface area (Å²) < 4.78 is 4.89. The first-order chi connectivity index (χ1) is 7.08. The zero-order valence-corrected chi connectivity index (χ0v) is 8.02. The first-order valence-corrected chi connectivity index (χ1v) is 4.10. The lowest BCUT2D eigenvalue weighted by Gasteiger charge is -2.07. The van der Waals surface area contributed by atoms with Crippen molar-refractivity contribution in [1.29, 1.82) is 5.26 Å². The first-order valence-electron chi connectivity index (χ1n) is 4.10. The third-order valence-corrected chi connectivity index (χ3v) is 1.86. The Morgan fingerprint density at radius 2 is 2.27 bits per heavy atom. The number of ether oxygens (including phenoxy) is 1. The Labute approximate surface area is 86.1 Å². The molecule has 0 radical (unpaired) electrons. The van der Waals surface area contributed by atoms with Crippen molar-refractivity contribution in [2.45, 2.75) is 6.42 Å². The number of nitriles is 1. The number of nitrogens with zero attached hydrogens (tertiary/aromatic N) is 1. The number of benzene rings is 1. The van der Waals surface area contributed by atoms with Crippen LogP contribution in [0, 0.1) is 11.3 Å². The van der Waals surface area contributed by atoms with Crippen LogP contribution in [0.1, 0.15) is 11.1 Å². The van der Waals surface area contributed by atoms with Crippen molar-refractivity contribution >= 4 is 5.97 Å². The van der Waals surface area contributed by atoms with Crippen molar-refractivity contribution in [2.75, 3.05) is 7.11 Å². The summed E-state index contributed by atoms with van der Waals surface area (Å²) in [5.74, 6) is -0.986. The SMILES string of the molecule is COc1cc(O)c(C#N)cc1CC(=O)O. The second kappa shape index (κ2) is 4.33. The molecule has 1 aromatic carbocycles. The molecule has 0 amide bonds. The van der Waals surface area contributed by atoms with E-state index in [1.165, 1.54) is 19.2 Å². The van der Waals surface area contributed by atoms with Gasteiger partial charge in [-0.25, -0.2) is 0 Å². The Morgan fingerprint density at radius 3 is 2.73 bits per heavy atom. The highest BCUT2D eigenvalue weighted by atomic mass is 16.5. The minimum absolute atomic E-state index is 0.0343. The predicted octanol–water partition coefficient (Wildman–Crippen LogP) is 0.900. The molecule has 2 N–H and O–H groups in total. The lowest BCUT2D eigenvalue weighted by Crippen LogP contribution is -2.02. The van der Waals surface area contributed by atoms with Crippen molar-refractivity contribution < 1.29 is 19.7 Å². The van der Waals surface area contributed by atoms with Crippen LogP contribution >= 0.6 is 0 Å². The molecular weight excluding hydrogens is 198 g/mol. The number of rotatable bonds is 3. The zero-order chi connectivity index (χ0) is 11.4. The average Bonchev–Trinajstić information content (AvgIpc) is 2.19. The van der Waals surface area contributed by atoms with E-state index in [4.69, 9.17) is 15.1 Å². The number of carboxylic acids is 1. The molecular formula is C10H9NO4. The summed E-state index contributed by atoms with van der Waals surface area (Å²) in [7, 11) is 1.37. The van der Waals surface area contributed by atoms with Crippen molar-refractivity contribution in [2.24, 2.45) is 0 Å². The largest absolute Gasteiger partial charge is 0.506 e. The molecule has 0 fully saturated rings. The number of aliphatic carboxylic acids is 1. The Balaban J connectivity index is 3.23. The van der Waals surface area contributed by atoms with Gasteiger partial charge >= 0.3 is 5.97 Å². The van der Waals surface area contributed by atoms with Crippen LogP contribution in [-0.4, -0.2) is 23.3 Å². The van der Waals surface area contributed by atoms with E-state index in [1.807, 2.05) is 0 Å². The zero-order valence-electron chi connectivity index (χ0n) is 8.02. The molecule has 5 nitrogen and oxygen atoms in total. The number of phenols is 1. The highest BCUT2D eigenvalue weighted by molar-refractivity contribution is 5.72. The molecule has 0 heterocycles. The van der Waals surface area contributed by atoms with Crippen LogP contribution in [0.4, 0.5) is 0 Å². The van der Waals surface area contributed by atoms with E-state index in [1.54, 1.807) is 6.07 Å². The number of hydrogen-bond donors (Lipinski definition) is 2. The molecule has 0 aromatic heterocycles. The topological polar surface area (TPSA) is 90.5 Å². The third kappa shape index (κ3) is 2.38. The van der Waals surface area contributed by atoms with Crippen molar-refractivity contribution in [3.05, 3.63) is 23.3 Å². The van der Waals surface area contributed by atoms with Crippen LogP contribution in [0.25, 0.3) is 0 Å². The molecule has 0 aliphatic rings. The molecule has 0 bridgehead atoms. The maximum absolute atomic E-state index is 10.5. The van der Waals surface area contributed by atoms with Crippen molar-refractivity contribution in [3.63, 3.8) is 0 Å². The van der Waals surface area contributed by atoms with Crippen molar-refractivity contribution in [3.8, 4) is 17.6 Å². The second-order valence-corrected chi connectivity index (χ2v) is 2.86. The normalized spacial score (nSPS) is 9.33. The molecule has 0 aliphatic heterocycles. The molecule has 0 aliphatic carbocycles. The highest BCUT2D eigenvalue weighted by Crippen LogP contribution is 2.28. The van der Waals surface area contributed by atoms with E-state index in [9.17, 15) is 9.90 Å². The maximum Gasteiger partial charge on any atom is 0.307 e. The van der Waals surface area contributed by atoms with Gasteiger partial charge in [-0.05, 0) is 6.07 Å². The van der Waals surface area contributed by atoms with Crippen LogP contribution in [0.2, 0.25) is 0 Å². The van der Waals surface area contributed by atoms with Crippen LogP contribution in [0.15, 0.2) is 12.1 Å². The molecule has 0 spiro atoms. The van der Waals surface area contributed by atoms with Gasteiger partial charge < -0.3 is 14.9 Å². The number of methoxy groups -OCH3 is 1. The van der Waals surface area contributed by atoms with Gasteiger partial charge in [-0.3, -0.25) is 4.79 Å². The fourth-order valence-electron chi connectivity index (χ4n) is 1.19. The van der Waals surface area contributed by atoms with E-state index in [2.05, 4.69) is 0 Å². The van der Waals surface area contributed by atoms with Gasteiger partial charge in [0.1, 0.15) is 17.6 Å². The summed E-state index contributed by atoms with van der Waals surface area (Å²) in [6, 6.07) is 4.30. The molecule has 15 heavy (non-hydrogen) atoms. The molecule has 0 saturated carbocycles. The number of aromatic hydroxyl groups is 1. The molecule has 1 rings (SSSR count). The number of phenolic OH excluding ortho intramolecular Hbond substituents is 1. The van der Waals surface area contributed by atoms with Crippen LogP contribution in [-0.2, 0) is 11.2 Å². The van der Waals surface area contributed by atoms with E-state index < -0.39 is 5.97 Å². The van der Waals surface area contributed by atoms with Crippen LogP contribution < -0.4 is 4.74 Å². The quantitative estimate of drug-likeness (QED) is 0.768. The van der Waals surface area contributed by atoms with Gasteiger partial charge in [0.05, 0.1) is 19.1 Å². The number of carboxylic acid groups (broad SMARTS) is 1. The third-order valence-electron chi connectivity index (χ3n) is 1.86. The standard InChI is InChI=1S/C10H9NO4/c1-15-9-4-8(12)7(5-11)2-6(9)3-10(13)14/h2,4,12H,3H2,1H3,(H,13,14). The van der Waals surface area contributed by atoms with E-state index >= 15 is 0 Å². The first kappa shape index (κ1) is 10.9. The number of hydrogen-bond acceptors (Lipinski definition) is 4. The summed E-state index contributed by atoms with van der Waals surface area (Å²) in [4.78, 5) is 10.5. The van der Waals surface area contributed by atoms with E-state index in [0.29, 0.717) is 5.56 Å². The summed E-state index contributed by atoms with van der Waals surface area (Å²) in [6.07, 6.45) is -0.252. The Morgan fingerprint density at radius 1 is 1.60 bits per heavy atom. The minimum Gasteiger partial charge on any atom is -0.506 e. The monoisotopic (exact) mass is 207 g/mol. The molecule has 1 aromatic rings. The smallest absolute Gasteiger partial charge is 0.307 e. The van der Waals surface area contributed by atoms with Gasteiger partial charge in [-0.1, -0.05) is 0 Å². The molecule has 5 heteroatoms. The number of carbonyl (C=O) groups is 1. The molecule has 78 valence electrons. The molecule has 0 saturated heterocycles. The summed E-state index contributed by atoms with van der Waals surface area (Å²) in [5, 5.41) is 26.6. The van der Waals surface area contributed by atoms with Gasteiger partial charge in [0, 0.05) is 11.6 Å². The molecule has 0 atom stereocenters. The van der Waals surface area contributed by atoms with Gasteiger partial charge in [0.15, 0.2) is 0 Å². The Hall–Kier alpha value is -2.22. The summed E-state index contributed by atoms with van der Waals surface area (Å²) in [5.41, 5.74) is 0.395. The van der Waals surface area contributed by atoms with E-state index in [-0.39, 0.29) is 23.5 Å². The second-order valence-electron chi connectivity index (χ2n) is 2.86. The Kier molecular flexibility index (Phi) is 3.13. The summed E-state index contributed by atoms with van der Waals surface area (Å²) >= 11 is 0. The van der Waals surface area contributed by atoms with E-state index in [0.717, 1.165) is 0 Å². The average molecular weight is 207 g/mol. The Bertz CT molecular complexity index is 434. The lowest BCUT2D eigenvalue weighted by atomic mass is 10.1. The molecule has 0 unspecified atom stereocenters. The summed E-state index contributed by atoms with van der Waals surface area (Å²) in [6.45, 7) is 0. The lowest BCUT2D eigenvalue weighted by molar-refractivity contribution is -0.136.